The van der Waals surface area contributed by atoms with Crippen LogP contribution < -0.4 is 15.4 Å². The summed E-state index contributed by atoms with van der Waals surface area (Å²) in [6.07, 6.45) is 1.43. The van der Waals surface area contributed by atoms with Gasteiger partial charge in [0, 0.05) is 24.9 Å². The Hall–Kier alpha value is -2.60. The summed E-state index contributed by atoms with van der Waals surface area (Å²) in [5, 5.41) is 5.64. The molecular weight excluding hydrogens is 294 g/mol. The number of esters is 1. The Balaban J connectivity index is 1.99. The van der Waals surface area contributed by atoms with E-state index in [0.29, 0.717) is 22.3 Å². The van der Waals surface area contributed by atoms with Crippen molar-refractivity contribution in [3.63, 3.8) is 0 Å². The first-order chi connectivity index (χ1) is 10.0. The first-order valence-electron chi connectivity index (χ1n) is 6.01. The molecule has 0 fully saturated rings. The number of halogens is 1. The number of pyridine rings is 1. The molecular formula is C14H12ClN3O3. The normalized spacial score (nSPS) is 9.81. The predicted molar refractivity (Wildman–Crippen MR) is 79.6 cm³/mol. The SMILES string of the molecule is CC(=O)Oc1cccc(NC(=O)Nc2ccc(Cl)cn2)c1. The van der Waals surface area contributed by atoms with Crippen molar-refractivity contribution in [1.82, 2.24) is 4.98 Å². The zero-order valence-electron chi connectivity index (χ0n) is 11.1. The molecule has 6 nitrogen and oxygen atoms in total. The van der Waals surface area contributed by atoms with Gasteiger partial charge in [0.2, 0.25) is 0 Å². The Labute approximate surface area is 126 Å². The third-order valence-electron chi connectivity index (χ3n) is 2.32. The van der Waals surface area contributed by atoms with E-state index in [-0.39, 0.29) is 0 Å². The number of hydrogen-bond donors (Lipinski definition) is 2. The van der Waals surface area contributed by atoms with Gasteiger partial charge in [-0.3, -0.25) is 10.1 Å². The maximum absolute atomic E-state index is 11.8. The first-order valence-corrected chi connectivity index (χ1v) is 6.39. The van der Waals surface area contributed by atoms with Crippen LogP contribution in [-0.4, -0.2) is 17.0 Å². The third-order valence-corrected chi connectivity index (χ3v) is 2.55. The monoisotopic (exact) mass is 305 g/mol. The van der Waals surface area contributed by atoms with E-state index < -0.39 is 12.0 Å². The van der Waals surface area contributed by atoms with E-state index in [4.69, 9.17) is 16.3 Å². The van der Waals surface area contributed by atoms with Crippen molar-refractivity contribution in [3.8, 4) is 5.75 Å². The van der Waals surface area contributed by atoms with E-state index in [1.165, 1.54) is 19.2 Å². The summed E-state index contributed by atoms with van der Waals surface area (Å²) in [6.45, 7) is 1.30. The molecule has 2 rings (SSSR count). The summed E-state index contributed by atoms with van der Waals surface area (Å²) in [7, 11) is 0. The standard InChI is InChI=1S/C14H12ClN3O3/c1-9(19)21-12-4-2-3-11(7-12)17-14(20)18-13-6-5-10(15)8-16-13/h2-8H,1H3,(H2,16,17,18,20). The molecule has 0 aliphatic carbocycles. The molecule has 2 aromatic rings. The van der Waals surface area contributed by atoms with Crippen LogP contribution >= 0.6 is 11.6 Å². The topological polar surface area (TPSA) is 80.3 Å². The highest BCUT2D eigenvalue weighted by Crippen LogP contribution is 2.18. The number of aromatic nitrogens is 1. The van der Waals surface area contributed by atoms with Gasteiger partial charge in [0.25, 0.3) is 0 Å². The maximum Gasteiger partial charge on any atom is 0.324 e. The first kappa shape index (κ1) is 14.8. The average molecular weight is 306 g/mol. The Morgan fingerprint density at radius 1 is 1.19 bits per heavy atom. The van der Waals surface area contributed by atoms with Crippen molar-refractivity contribution < 1.29 is 14.3 Å². The van der Waals surface area contributed by atoms with Crippen LogP contribution in [0.2, 0.25) is 5.02 Å². The van der Waals surface area contributed by atoms with Crippen LogP contribution in [-0.2, 0) is 4.79 Å². The van der Waals surface area contributed by atoms with Crippen molar-refractivity contribution in [3.05, 3.63) is 47.6 Å². The molecule has 0 saturated heterocycles. The number of nitrogens with one attached hydrogen (secondary N) is 2. The Kier molecular flexibility index (Phi) is 4.73. The highest BCUT2D eigenvalue weighted by Gasteiger charge is 2.05. The number of nitrogens with zero attached hydrogens (tertiary/aromatic N) is 1. The molecule has 0 unspecified atom stereocenters. The molecule has 0 saturated carbocycles. The van der Waals surface area contributed by atoms with E-state index >= 15 is 0 Å². The Morgan fingerprint density at radius 2 is 2.00 bits per heavy atom. The minimum absolute atomic E-state index is 0.352. The van der Waals surface area contributed by atoms with Crippen molar-refractivity contribution >= 4 is 35.1 Å². The van der Waals surface area contributed by atoms with Crippen LogP contribution in [0.4, 0.5) is 16.3 Å². The number of ether oxygens (including phenoxy) is 1. The minimum Gasteiger partial charge on any atom is -0.427 e. The molecule has 1 aromatic carbocycles. The zero-order chi connectivity index (χ0) is 15.2. The lowest BCUT2D eigenvalue weighted by Gasteiger charge is -2.08. The van der Waals surface area contributed by atoms with E-state index in [2.05, 4.69) is 15.6 Å². The second kappa shape index (κ2) is 6.71. The molecule has 7 heteroatoms. The molecule has 0 atom stereocenters. The van der Waals surface area contributed by atoms with E-state index in [0.717, 1.165) is 0 Å². The molecule has 0 bridgehead atoms. The van der Waals surface area contributed by atoms with Crippen LogP contribution in [0.5, 0.6) is 5.75 Å². The smallest absolute Gasteiger partial charge is 0.324 e. The van der Waals surface area contributed by atoms with Crippen LogP contribution in [0.15, 0.2) is 42.6 Å². The summed E-state index contributed by atoms with van der Waals surface area (Å²) < 4.78 is 4.93. The number of benzene rings is 1. The van der Waals surface area contributed by atoms with Gasteiger partial charge >= 0.3 is 12.0 Å². The fourth-order valence-corrected chi connectivity index (χ4v) is 1.64. The number of carbonyl (C=O) groups is 2. The van der Waals surface area contributed by atoms with Crippen molar-refractivity contribution in [2.24, 2.45) is 0 Å². The second-order valence-electron chi connectivity index (χ2n) is 4.06. The lowest BCUT2D eigenvalue weighted by Crippen LogP contribution is -2.20. The lowest BCUT2D eigenvalue weighted by molar-refractivity contribution is -0.131. The number of carbonyl (C=O) groups excluding carboxylic acids is 2. The summed E-state index contributed by atoms with van der Waals surface area (Å²) in [6, 6.07) is 9.21. The lowest BCUT2D eigenvalue weighted by atomic mass is 10.3. The summed E-state index contributed by atoms with van der Waals surface area (Å²) in [5.41, 5.74) is 0.486. The van der Waals surface area contributed by atoms with Gasteiger partial charge in [0.15, 0.2) is 0 Å². The van der Waals surface area contributed by atoms with Crippen molar-refractivity contribution in [1.29, 1.82) is 0 Å². The molecule has 108 valence electrons. The molecule has 1 aromatic heterocycles. The third kappa shape index (κ3) is 4.77. The Bertz CT molecular complexity index is 659. The molecule has 0 aliphatic heterocycles. The molecule has 2 amide bonds. The second-order valence-corrected chi connectivity index (χ2v) is 4.50. The van der Waals surface area contributed by atoms with E-state index in [9.17, 15) is 9.59 Å². The number of hydrogen-bond acceptors (Lipinski definition) is 4. The minimum atomic E-state index is -0.468. The summed E-state index contributed by atoms with van der Waals surface area (Å²) in [4.78, 5) is 26.6. The molecule has 0 radical (unpaired) electrons. The maximum atomic E-state index is 11.8. The number of amides is 2. The van der Waals surface area contributed by atoms with Gasteiger partial charge in [-0.25, -0.2) is 9.78 Å². The summed E-state index contributed by atoms with van der Waals surface area (Å²) in [5.74, 6) is 0.292. The fourth-order valence-electron chi connectivity index (χ4n) is 1.53. The highest BCUT2D eigenvalue weighted by atomic mass is 35.5. The highest BCUT2D eigenvalue weighted by molar-refractivity contribution is 6.30. The summed E-state index contributed by atoms with van der Waals surface area (Å²) >= 11 is 5.70. The average Bonchev–Trinajstić information content (AvgIpc) is 2.41. The van der Waals surface area contributed by atoms with Gasteiger partial charge in [-0.15, -0.1) is 0 Å². The molecule has 1 heterocycles. The molecule has 2 N–H and O–H groups in total. The molecule has 0 spiro atoms. The largest absolute Gasteiger partial charge is 0.427 e. The van der Waals surface area contributed by atoms with Crippen molar-refractivity contribution in [2.45, 2.75) is 6.92 Å². The molecule has 0 aliphatic rings. The van der Waals surface area contributed by atoms with Crippen LogP contribution in [0.25, 0.3) is 0 Å². The van der Waals surface area contributed by atoms with Gasteiger partial charge in [-0.2, -0.15) is 0 Å². The van der Waals surface area contributed by atoms with E-state index in [1.807, 2.05) is 0 Å². The fraction of sp³-hybridized carbons (Fsp3) is 0.0714. The Morgan fingerprint density at radius 3 is 2.67 bits per heavy atom. The number of urea groups is 1. The van der Waals surface area contributed by atoms with Crippen LogP contribution in [0.3, 0.4) is 0 Å². The van der Waals surface area contributed by atoms with Gasteiger partial charge in [0.05, 0.1) is 5.02 Å². The van der Waals surface area contributed by atoms with Gasteiger partial charge in [-0.05, 0) is 24.3 Å². The number of anilines is 2. The molecule has 21 heavy (non-hydrogen) atoms. The van der Waals surface area contributed by atoms with Gasteiger partial charge < -0.3 is 10.1 Å². The van der Waals surface area contributed by atoms with E-state index in [1.54, 1.807) is 30.3 Å². The zero-order valence-corrected chi connectivity index (χ0v) is 11.8. The van der Waals surface area contributed by atoms with Gasteiger partial charge in [0.1, 0.15) is 11.6 Å². The van der Waals surface area contributed by atoms with Crippen LogP contribution in [0, 0.1) is 0 Å². The van der Waals surface area contributed by atoms with Crippen LogP contribution in [0.1, 0.15) is 6.92 Å². The van der Waals surface area contributed by atoms with Gasteiger partial charge in [-0.1, -0.05) is 17.7 Å². The number of rotatable bonds is 3. The quantitative estimate of drug-likeness (QED) is 0.673. The predicted octanol–water partition coefficient (Wildman–Crippen LogP) is 3.30. The van der Waals surface area contributed by atoms with Crippen molar-refractivity contribution in [2.75, 3.05) is 10.6 Å².